The van der Waals surface area contributed by atoms with E-state index in [-0.39, 0.29) is 11.8 Å². The van der Waals surface area contributed by atoms with Crippen LogP contribution in [0.2, 0.25) is 0 Å². The highest BCUT2D eigenvalue weighted by atomic mass is 16.5. The third-order valence-electron chi connectivity index (χ3n) is 3.90. The van der Waals surface area contributed by atoms with Crippen molar-refractivity contribution in [1.29, 1.82) is 0 Å². The van der Waals surface area contributed by atoms with Crippen LogP contribution in [0.25, 0.3) is 0 Å². The summed E-state index contributed by atoms with van der Waals surface area (Å²) in [6.45, 7) is 4.77. The van der Waals surface area contributed by atoms with Gasteiger partial charge in [-0.1, -0.05) is 12.1 Å². The van der Waals surface area contributed by atoms with Crippen LogP contribution in [0.3, 0.4) is 0 Å². The van der Waals surface area contributed by atoms with Gasteiger partial charge in [-0.3, -0.25) is 9.79 Å². The molecule has 0 bridgehead atoms. The summed E-state index contributed by atoms with van der Waals surface area (Å²) >= 11 is 0. The highest BCUT2D eigenvalue weighted by Gasteiger charge is 2.28. The average molecular weight is 332 g/mol. The van der Waals surface area contributed by atoms with Gasteiger partial charge in [0.15, 0.2) is 5.96 Å². The largest absolute Gasteiger partial charge is 0.497 e. The average Bonchev–Trinajstić information content (AvgIpc) is 3.43. The van der Waals surface area contributed by atoms with Crippen molar-refractivity contribution in [2.75, 3.05) is 33.8 Å². The topological polar surface area (TPSA) is 66.0 Å². The number of rotatable bonds is 8. The zero-order valence-corrected chi connectivity index (χ0v) is 14.8. The Morgan fingerprint density at radius 1 is 1.29 bits per heavy atom. The molecule has 1 amide bonds. The minimum absolute atomic E-state index is 0.168. The van der Waals surface area contributed by atoms with Gasteiger partial charge in [-0.15, -0.1) is 0 Å². The molecule has 1 fully saturated rings. The van der Waals surface area contributed by atoms with E-state index in [9.17, 15) is 4.79 Å². The lowest BCUT2D eigenvalue weighted by molar-refractivity contribution is -0.122. The summed E-state index contributed by atoms with van der Waals surface area (Å²) < 4.78 is 5.18. The third-order valence-corrected chi connectivity index (χ3v) is 3.90. The first kappa shape index (κ1) is 18.1. The van der Waals surface area contributed by atoms with Crippen molar-refractivity contribution in [3.8, 4) is 5.75 Å². The quantitative estimate of drug-likeness (QED) is 0.431. The summed E-state index contributed by atoms with van der Waals surface area (Å²) in [7, 11) is 3.67. The molecule has 24 heavy (non-hydrogen) atoms. The van der Waals surface area contributed by atoms with Crippen LogP contribution in [0, 0.1) is 5.92 Å². The Kier molecular flexibility index (Phi) is 6.90. The van der Waals surface area contributed by atoms with Crippen molar-refractivity contribution in [2.45, 2.75) is 26.3 Å². The van der Waals surface area contributed by atoms with E-state index < -0.39 is 0 Å². The summed E-state index contributed by atoms with van der Waals surface area (Å²) in [6, 6.07) is 8.02. The van der Waals surface area contributed by atoms with Crippen molar-refractivity contribution in [1.82, 2.24) is 15.5 Å². The van der Waals surface area contributed by atoms with Crippen LogP contribution in [0.4, 0.5) is 0 Å². The van der Waals surface area contributed by atoms with E-state index >= 15 is 0 Å². The number of carbonyl (C=O) groups excluding carboxylic acids is 1. The number of ether oxygens (including phenoxy) is 1. The predicted octanol–water partition coefficient (Wildman–Crippen LogP) is 1.62. The van der Waals surface area contributed by atoms with Crippen LogP contribution >= 0.6 is 0 Å². The fraction of sp³-hybridized carbons (Fsp3) is 0.556. The lowest BCUT2D eigenvalue weighted by Gasteiger charge is -2.22. The number of nitrogens with zero attached hydrogens (tertiary/aromatic N) is 2. The molecule has 0 spiro atoms. The number of amides is 1. The van der Waals surface area contributed by atoms with Crippen molar-refractivity contribution in [3.05, 3.63) is 29.8 Å². The molecule has 1 saturated carbocycles. The van der Waals surface area contributed by atoms with Crippen LogP contribution in [0.1, 0.15) is 25.3 Å². The maximum Gasteiger partial charge on any atom is 0.223 e. The number of guanidine groups is 1. The molecule has 0 atom stereocenters. The Morgan fingerprint density at radius 2 is 2.00 bits per heavy atom. The van der Waals surface area contributed by atoms with Gasteiger partial charge in [0.25, 0.3) is 0 Å². The number of hydrogen-bond acceptors (Lipinski definition) is 3. The summed E-state index contributed by atoms with van der Waals surface area (Å²) in [5, 5.41) is 6.22. The number of carbonyl (C=O) groups is 1. The second-order valence-corrected chi connectivity index (χ2v) is 6.01. The molecule has 0 radical (unpaired) electrons. The van der Waals surface area contributed by atoms with E-state index in [0.29, 0.717) is 13.1 Å². The molecular formula is C18H28N4O2. The Balaban J connectivity index is 1.84. The first-order valence-corrected chi connectivity index (χ1v) is 8.54. The van der Waals surface area contributed by atoms with Crippen LogP contribution in [0.5, 0.6) is 5.75 Å². The fourth-order valence-electron chi connectivity index (χ4n) is 2.38. The molecule has 1 aromatic rings. The first-order valence-electron chi connectivity index (χ1n) is 8.54. The zero-order valence-electron chi connectivity index (χ0n) is 14.8. The minimum atomic E-state index is 0.168. The number of methoxy groups -OCH3 is 1. The molecule has 0 unspecified atom stereocenters. The smallest absolute Gasteiger partial charge is 0.223 e. The van der Waals surface area contributed by atoms with E-state index in [1.54, 1.807) is 7.11 Å². The molecule has 2 rings (SSSR count). The third kappa shape index (κ3) is 5.76. The van der Waals surface area contributed by atoms with Crippen LogP contribution in [-0.2, 0) is 11.3 Å². The van der Waals surface area contributed by atoms with Gasteiger partial charge in [-0.05, 0) is 37.5 Å². The molecule has 2 N–H and O–H groups in total. The molecule has 6 heteroatoms. The summed E-state index contributed by atoms with van der Waals surface area (Å²) in [4.78, 5) is 18.3. The Hall–Kier alpha value is -2.24. The van der Waals surface area contributed by atoms with Gasteiger partial charge >= 0.3 is 0 Å². The SMILES string of the molecule is CCNC(=NCCNC(=O)C1CC1)N(C)Cc1ccc(OC)cc1. The summed E-state index contributed by atoms with van der Waals surface area (Å²) in [5.74, 6) is 2.11. The lowest BCUT2D eigenvalue weighted by Crippen LogP contribution is -2.39. The van der Waals surface area contributed by atoms with Gasteiger partial charge < -0.3 is 20.3 Å². The molecule has 0 saturated heterocycles. The second-order valence-electron chi connectivity index (χ2n) is 6.01. The first-order chi connectivity index (χ1) is 11.6. The van der Waals surface area contributed by atoms with E-state index in [1.807, 2.05) is 26.1 Å². The maximum absolute atomic E-state index is 11.6. The second kappa shape index (κ2) is 9.15. The van der Waals surface area contributed by atoms with Crippen LogP contribution in [0.15, 0.2) is 29.3 Å². The molecule has 0 aliphatic heterocycles. The van der Waals surface area contributed by atoms with Crippen molar-refractivity contribution >= 4 is 11.9 Å². The molecule has 1 aliphatic rings. The van der Waals surface area contributed by atoms with Gasteiger partial charge in [0.05, 0.1) is 13.7 Å². The van der Waals surface area contributed by atoms with E-state index in [1.165, 1.54) is 5.56 Å². The highest BCUT2D eigenvalue weighted by Crippen LogP contribution is 2.28. The predicted molar refractivity (Wildman–Crippen MR) is 96.2 cm³/mol. The Bertz CT molecular complexity index is 553. The fourth-order valence-corrected chi connectivity index (χ4v) is 2.38. The lowest BCUT2D eigenvalue weighted by atomic mass is 10.2. The Labute approximate surface area is 144 Å². The molecular weight excluding hydrogens is 304 g/mol. The number of nitrogens with one attached hydrogen (secondary N) is 2. The summed E-state index contributed by atoms with van der Waals surface area (Å²) in [6.07, 6.45) is 2.06. The van der Waals surface area contributed by atoms with Crippen molar-refractivity contribution in [2.24, 2.45) is 10.9 Å². The van der Waals surface area contributed by atoms with Crippen LogP contribution in [-0.4, -0.2) is 50.6 Å². The molecule has 0 aromatic heterocycles. The minimum Gasteiger partial charge on any atom is -0.497 e. The van der Waals surface area contributed by atoms with Crippen molar-refractivity contribution < 1.29 is 9.53 Å². The monoisotopic (exact) mass is 332 g/mol. The summed E-state index contributed by atoms with van der Waals surface area (Å²) in [5.41, 5.74) is 1.19. The number of hydrogen-bond donors (Lipinski definition) is 2. The van der Waals surface area contributed by atoms with Crippen LogP contribution < -0.4 is 15.4 Å². The van der Waals surface area contributed by atoms with Gasteiger partial charge in [0, 0.05) is 32.6 Å². The highest BCUT2D eigenvalue weighted by molar-refractivity contribution is 5.81. The maximum atomic E-state index is 11.6. The zero-order chi connectivity index (χ0) is 17.4. The van der Waals surface area contributed by atoms with E-state index in [0.717, 1.165) is 37.6 Å². The van der Waals surface area contributed by atoms with Gasteiger partial charge in [-0.2, -0.15) is 0 Å². The van der Waals surface area contributed by atoms with Crippen molar-refractivity contribution in [3.63, 3.8) is 0 Å². The number of benzene rings is 1. The Morgan fingerprint density at radius 3 is 2.58 bits per heavy atom. The molecule has 6 nitrogen and oxygen atoms in total. The van der Waals surface area contributed by atoms with E-state index in [2.05, 4.69) is 32.7 Å². The normalized spacial score (nSPS) is 14.2. The van der Waals surface area contributed by atoms with E-state index in [4.69, 9.17) is 4.74 Å². The molecule has 1 aromatic carbocycles. The molecule has 132 valence electrons. The standard InChI is InChI=1S/C18H28N4O2/c1-4-19-18(21-12-11-20-17(23)15-7-8-15)22(2)13-14-5-9-16(24-3)10-6-14/h5-6,9-10,15H,4,7-8,11-13H2,1-3H3,(H,19,21)(H,20,23). The van der Waals surface area contributed by atoms with Gasteiger partial charge in [0.1, 0.15) is 5.75 Å². The van der Waals surface area contributed by atoms with Gasteiger partial charge in [-0.25, -0.2) is 0 Å². The number of aliphatic imine (C=N–C) groups is 1. The molecule has 1 aliphatic carbocycles. The molecule has 0 heterocycles. The van der Waals surface area contributed by atoms with Gasteiger partial charge in [0.2, 0.25) is 5.91 Å².